The van der Waals surface area contributed by atoms with Crippen molar-refractivity contribution >= 4 is 29.6 Å². The van der Waals surface area contributed by atoms with Gasteiger partial charge in [0.15, 0.2) is 24.5 Å². The van der Waals surface area contributed by atoms with E-state index in [4.69, 9.17) is 23.7 Å². The fourth-order valence-electron chi connectivity index (χ4n) is 3.16. The number of carbonyl (C=O) groups is 4. The molecule has 0 aliphatic carbocycles. The monoisotopic (exact) mass is 437 g/mol. The molecule has 1 aromatic rings. The van der Waals surface area contributed by atoms with Crippen molar-refractivity contribution < 1.29 is 42.9 Å². The van der Waals surface area contributed by atoms with Gasteiger partial charge in [0.05, 0.1) is 0 Å². The Morgan fingerprint density at radius 3 is 1.84 bits per heavy atom. The second kappa shape index (κ2) is 10.8. The molecule has 0 amide bonds. The van der Waals surface area contributed by atoms with Crippen LogP contribution in [0.4, 0.5) is 5.69 Å². The lowest BCUT2D eigenvalue weighted by Crippen LogP contribution is -2.64. The fraction of sp³-hybridized carbons (Fsp3) is 0.524. The molecule has 1 N–H and O–H groups in total. The van der Waals surface area contributed by atoms with E-state index in [0.29, 0.717) is 5.69 Å². The van der Waals surface area contributed by atoms with Crippen molar-refractivity contribution in [2.45, 2.75) is 65.3 Å². The lowest BCUT2D eigenvalue weighted by atomic mass is 9.97. The number of esters is 4. The smallest absolute Gasteiger partial charge is 0.303 e. The molecule has 2 rings (SSSR count). The number of hydrogen-bond acceptors (Lipinski definition) is 10. The minimum Gasteiger partial charge on any atom is -0.463 e. The minimum atomic E-state index is -1.21. The zero-order valence-corrected chi connectivity index (χ0v) is 18.1. The van der Waals surface area contributed by atoms with Gasteiger partial charge < -0.3 is 29.0 Å². The van der Waals surface area contributed by atoms with Crippen LogP contribution in [0.25, 0.3) is 0 Å². The van der Waals surface area contributed by atoms with E-state index in [1.54, 1.807) is 12.1 Å². The van der Waals surface area contributed by atoms with E-state index in [0.717, 1.165) is 5.56 Å². The number of aryl methyl sites for hydroxylation is 1. The Bertz CT molecular complexity index is 808. The van der Waals surface area contributed by atoms with E-state index < -0.39 is 54.5 Å². The molecule has 10 heteroatoms. The first kappa shape index (κ1) is 24.1. The van der Waals surface area contributed by atoms with Crippen LogP contribution in [0.3, 0.4) is 0 Å². The van der Waals surface area contributed by atoms with Gasteiger partial charge in [-0.2, -0.15) is 0 Å². The van der Waals surface area contributed by atoms with Gasteiger partial charge in [0.2, 0.25) is 0 Å². The Kier molecular flexibility index (Phi) is 8.38. The maximum atomic E-state index is 11.8. The molecular formula is C21H27NO9. The van der Waals surface area contributed by atoms with E-state index >= 15 is 0 Å². The number of ether oxygens (including phenoxy) is 5. The van der Waals surface area contributed by atoms with Crippen LogP contribution in [-0.4, -0.2) is 61.1 Å². The zero-order valence-electron chi connectivity index (χ0n) is 18.1. The van der Waals surface area contributed by atoms with Crippen LogP contribution in [0.5, 0.6) is 0 Å². The second-order valence-electron chi connectivity index (χ2n) is 7.13. The SMILES string of the molecule is CC(=O)OC[C@@H]1O[C@H](Nc2ccc(C)cc2)[C@@H](OC(C)=O)[C@H](OC(C)=O)[C@@H]1OC(C)=O. The van der Waals surface area contributed by atoms with Crippen LogP contribution in [0, 0.1) is 6.92 Å². The quantitative estimate of drug-likeness (QED) is 0.495. The molecule has 1 saturated heterocycles. The highest BCUT2D eigenvalue weighted by Crippen LogP contribution is 2.30. The van der Waals surface area contributed by atoms with Gasteiger partial charge in [0.1, 0.15) is 12.7 Å². The Balaban J connectivity index is 2.43. The number of benzene rings is 1. The lowest BCUT2D eigenvalue weighted by molar-refractivity contribution is -0.247. The molecule has 0 saturated carbocycles. The van der Waals surface area contributed by atoms with E-state index in [-0.39, 0.29) is 6.61 Å². The van der Waals surface area contributed by atoms with Crippen molar-refractivity contribution in [3.05, 3.63) is 29.8 Å². The maximum Gasteiger partial charge on any atom is 0.303 e. The average molecular weight is 437 g/mol. The van der Waals surface area contributed by atoms with Gasteiger partial charge in [-0.15, -0.1) is 0 Å². The summed E-state index contributed by atoms with van der Waals surface area (Å²) in [4.78, 5) is 46.6. The van der Waals surface area contributed by atoms with Crippen molar-refractivity contribution in [1.82, 2.24) is 0 Å². The Morgan fingerprint density at radius 1 is 0.806 bits per heavy atom. The summed E-state index contributed by atoms with van der Waals surface area (Å²) >= 11 is 0. The summed E-state index contributed by atoms with van der Waals surface area (Å²) in [6.07, 6.45) is -5.53. The minimum absolute atomic E-state index is 0.274. The summed E-state index contributed by atoms with van der Waals surface area (Å²) in [5.41, 5.74) is 1.68. The van der Waals surface area contributed by atoms with E-state index in [1.165, 1.54) is 27.7 Å². The summed E-state index contributed by atoms with van der Waals surface area (Å²) in [6.45, 7) is 6.41. The molecule has 0 spiro atoms. The third kappa shape index (κ3) is 7.25. The van der Waals surface area contributed by atoms with Gasteiger partial charge in [-0.05, 0) is 19.1 Å². The predicted molar refractivity (Wildman–Crippen MR) is 107 cm³/mol. The van der Waals surface area contributed by atoms with Crippen LogP contribution in [0.1, 0.15) is 33.3 Å². The first-order chi connectivity index (χ1) is 14.6. The van der Waals surface area contributed by atoms with Gasteiger partial charge in [-0.1, -0.05) is 17.7 Å². The molecule has 31 heavy (non-hydrogen) atoms. The molecule has 0 bridgehead atoms. The Morgan fingerprint density at radius 2 is 1.32 bits per heavy atom. The molecule has 10 nitrogen and oxygen atoms in total. The normalized spacial score (nSPS) is 25.1. The van der Waals surface area contributed by atoms with Crippen LogP contribution in [-0.2, 0) is 42.9 Å². The topological polar surface area (TPSA) is 126 Å². The summed E-state index contributed by atoms with van der Waals surface area (Å²) in [6, 6.07) is 7.33. The fourth-order valence-corrected chi connectivity index (χ4v) is 3.16. The third-order valence-electron chi connectivity index (χ3n) is 4.35. The summed E-state index contributed by atoms with van der Waals surface area (Å²) in [5.74, 6) is -2.58. The van der Waals surface area contributed by atoms with Crippen molar-refractivity contribution in [2.24, 2.45) is 0 Å². The number of rotatable bonds is 7. The molecule has 1 aliphatic rings. The highest BCUT2D eigenvalue weighted by Gasteiger charge is 2.52. The first-order valence-corrected chi connectivity index (χ1v) is 9.70. The van der Waals surface area contributed by atoms with Crippen molar-refractivity contribution in [1.29, 1.82) is 0 Å². The molecule has 0 aromatic heterocycles. The van der Waals surface area contributed by atoms with Crippen molar-refractivity contribution in [2.75, 3.05) is 11.9 Å². The number of nitrogens with one attached hydrogen (secondary N) is 1. The predicted octanol–water partition coefficient (Wildman–Crippen LogP) is 1.49. The summed E-state index contributed by atoms with van der Waals surface area (Å²) in [5, 5.41) is 3.09. The molecule has 1 heterocycles. The zero-order chi connectivity index (χ0) is 23.1. The van der Waals surface area contributed by atoms with E-state index in [1.807, 2.05) is 19.1 Å². The van der Waals surface area contributed by atoms with E-state index in [2.05, 4.69) is 5.32 Å². The molecule has 170 valence electrons. The third-order valence-corrected chi connectivity index (χ3v) is 4.35. The van der Waals surface area contributed by atoms with Gasteiger partial charge in [0, 0.05) is 33.4 Å². The van der Waals surface area contributed by atoms with E-state index in [9.17, 15) is 19.2 Å². The van der Waals surface area contributed by atoms with Crippen LogP contribution in [0.15, 0.2) is 24.3 Å². The lowest BCUT2D eigenvalue weighted by Gasteiger charge is -2.44. The Labute approximate surface area is 180 Å². The maximum absolute atomic E-state index is 11.8. The second-order valence-corrected chi connectivity index (χ2v) is 7.13. The van der Waals surface area contributed by atoms with Crippen LogP contribution < -0.4 is 5.32 Å². The highest BCUT2D eigenvalue weighted by molar-refractivity contribution is 5.69. The highest BCUT2D eigenvalue weighted by atomic mass is 16.7. The molecule has 1 aliphatic heterocycles. The van der Waals surface area contributed by atoms with Crippen LogP contribution in [0.2, 0.25) is 0 Å². The molecular weight excluding hydrogens is 410 g/mol. The van der Waals surface area contributed by atoms with Crippen molar-refractivity contribution in [3.8, 4) is 0 Å². The van der Waals surface area contributed by atoms with Crippen molar-refractivity contribution in [3.63, 3.8) is 0 Å². The molecule has 1 fully saturated rings. The number of hydrogen-bond donors (Lipinski definition) is 1. The average Bonchev–Trinajstić information content (AvgIpc) is 2.65. The number of anilines is 1. The van der Waals surface area contributed by atoms with Gasteiger partial charge in [0.25, 0.3) is 0 Å². The van der Waals surface area contributed by atoms with Crippen LogP contribution >= 0.6 is 0 Å². The first-order valence-electron chi connectivity index (χ1n) is 9.70. The largest absolute Gasteiger partial charge is 0.463 e. The van der Waals surface area contributed by atoms with Gasteiger partial charge in [-0.3, -0.25) is 19.2 Å². The molecule has 5 atom stereocenters. The molecule has 1 aromatic carbocycles. The molecule has 0 unspecified atom stereocenters. The summed E-state index contributed by atoms with van der Waals surface area (Å²) < 4.78 is 27.1. The number of carbonyl (C=O) groups excluding carboxylic acids is 4. The van der Waals surface area contributed by atoms with Gasteiger partial charge >= 0.3 is 23.9 Å². The van der Waals surface area contributed by atoms with Gasteiger partial charge in [-0.25, -0.2) is 0 Å². The molecule has 0 radical (unpaired) electrons. The Hall–Kier alpha value is -3.14. The standard InChI is InChI=1S/C21H27NO9/c1-11-6-8-16(9-7-11)22-21-20(30-15(5)26)19(29-14(4)25)18(28-13(3)24)17(31-21)10-27-12(2)23/h6-9,17-22H,10H2,1-5H3/t17-,18+,19+,20-,21-/m0/s1. The summed E-state index contributed by atoms with van der Waals surface area (Å²) in [7, 11) is 0.